The Morgan fingerprint density at radius 2 is 2.25 bits per heavy atom. The molecular weight excluding hydrogens is 220 g/mol. The number of aliphatic hydroxyl groups is 1. The van der Waals surface area contributed by atoms with Crippen molar-refractivity contribution in [2.45, 2.75) is 43.9 Å². The molecule has 1 aromatic rings. The van der Waals surface area contributed by atoms with Crippen molar-refractivity contribution in [3.63, 3.8) is 0 Å². The van der Waals surface area contributed by atoms with Gasteiger partial charge in [0.25, 0.3) is 0 Å². The zero-order valence-electron chi connectivity index (χ0n) is 9.85. The third kappa shape index (κ3) is 2.80. The molecule has 1 aliphatic rings. The predicted molar refractivity (Wildman–Crippen MR) is 66.4 cm³/mol. The van der Waals surface area contributed by atoms with Crippen LogP contribution in [0, 0.1) is 5.92 Å². The molecule has 90 valence electrons. The van der Waals surface area contributed by atoms with Gasteiger partial charge in [0, 0.05) is 12.8 Å². The van der Waals surface area contributed by atoms with E-state index in [2.05, 4.69) is 4.98 Å². The highest BCUT2D eigenvalue weighted by Gasteiger charge is 2.15. The van der Waals surface area contributed by atoms with Crippen LogP contribution in [0.5, 0.6) is 0 Å². The highest BCUT2D eigenvalue weighted by molar-refractivity contribution is 7.99. The van der Waals surface area contributed by atoms with Crippen LogP contribution in [0.4, 0.5) is 0 Å². The summed E-state index contributed by atoms with van der Waals surface area (Å²) in [7, 11) is 1.97. The number of imidazole rings is 1. The first kappa shape index (κ1) is 12.0. The standard InChI is InChI=1S/C12H20N2OS/c1-14-11(9-15)8-13-12(14)16-7-6-10-4-2-3-5-10/h8,10,15H,2-7,9H2,1H3. The van der Waals surface area contributed by atoms with Gasteiger partial charge in [-0.3, -0.25) is 0 Å². The van der Waals surface area contributed by atoms with Gasteiger partial charge >= 0.3 is 0 Å². The average molecular weight is 240 g/mol. The molecule has 1 aromatic heterocycles. The van der Waals surface area contributed by atoms with Crippen molar-refractivity contribution in [1.82, 2.24) is 9.55 Å². The minimum Gasteiger partial charge on any atom is -0.390 e. The molecular formula is C12H20N2OS. The Morgan fingerprint density at radius 3 is 2.88 bits per heavy atom. The summed E-state index contributed by atoms with van der Waals surface area (Å²) in [6, 6.07) is 0. The molecule has 4 heteroatoms. The smallest absolute Gasteiger partial charge is 0.167 e. The fraction of sp³-hybridized carbons (Fsp3) is 0.750. The Hall–Kier alpha value is -0.480. The maximum Gasteiger partial charge on any atom is 0.167 e. The molecule has 0 unspecified atom stereocenters. The summed E-state index contributed by atoms with van der Waals surface area (Å²) in [6.45, 7) is 0.0761. The molecule has 0 atom stereocenters. The second-order valence-corrected chi connectivity index (χ2v) is 5.60. The van der Waals surface area contributed by atoms with Crippen LogP contribution in [0.15, 0.2) is 11.4 Å². The quantitative estimate of drug-likeness (QED) is 0.804. The Morgan fingerprint density at radius 1 is 1.50 bits per heavy atom. The number of aliphatic hydroxyl groups excluding tert-OH is 1. The van der Waals surface area contributed by atoms with Gasteiger partial charge in [0.05, 0.1) is 18.5 Å². The van der Waals surface area contributed by atoms with Gasteiger partial charge in [-0.1, -0.05) is 37.4 Å². The summed E-state index contributed by atoms with van der Waals surface area (Å²) in [6.07, 6.45) is 8.76. The summed E-state index contributed by atoms with van der Waals surface area (Å²) < 4.78 is 1.99. The Bertz CT molecular complexity index is 332. The maximum atomic E-state index is 9.06. The summed E-state index contributed by atoms with van der Waals surface area (Å²) in [5.74, 6) is 2.10. The molecule has 0 aliphatic heterocycles. The number of hydrogen-bond donors (Lipinski definition) is 1. The highest BCUT2D eigenvalue weighted by atomic mass is 32.2. The topological polar surface area (TPSA) is 38.0 Å². The van der Waals surface area contributed by atoms with E-state index in [1.165, 1.54) is 32.1 Å². The lowest BCUT2D eigenvalue weighted by atomic mass is 10.1. The van der Waals surface area contributed by atoms with Crippen LogP contribution >= 0.6 is 11.8 Å². The molecule has 0 aromatic carbocycles. The summed E-state index contributed by atoms with van der Waals surface area (Å²) >= 11 is 1.81. The summed E-state index contributed by atoms with van der Waals surface area (Å²) in [5.41, 5.74) is 0.892. The SMILES string of the molecule is Cn1c(CO)cnc1SCCC1CCCC1. The van der Waals surface area contributed by atoms with E-state index in [1.807, 2.05) is 23.4 Å². The molecule has 1 saturated carbocycles. The Kier molecular flexibility index (Phi) is 4.29. The van der Waals surface area contributed by atoms with Gasteiger partial charge in [-0.25, -0.2) is 4.98 Å². The second kappa shape index (κ2) is 5.73. The monoisotopic (exact) mass is 240 g/mol. The average Bonchev–Trinajstić information content (AvgIpc) is 2.90. The first-order valence-corrected chi connectivity index (χ1v) is 7.04. The van der Waals surface area contributed by atoms with Gasteiger partial charge in [0.1, 0.15) is 0 Å². The molecule has 0 saturated heterocycles. The van der Waals surface area contributed by atoms with Gasteiger partial charge in [-0.05, 0) is 12.3 Å². The fourth-order valence-electron chi connectivity index (χ4n) is 2.32. The molecule has 1 N–H and O–H groups in total. The zero-order valence-corrected chi connectivity index (χ0v) is 10.7. The van der Waals surface area contributed by atoms with Crippen molar-refractivity contribution in [1.29, 1.82) is 0 Å². The lowest BCUT2D eigenvalue weighted by Gasteiger charge is -2.08. The van der Waals surface area contributed by atoms with Crippen molar-refractivity contribution >= 4 is 11.8 Å². The minimum atomic E-state index is 0.0761. The molecule has 1 fully saturated rings. The van der Waals surface area contributed by atoms with E-state index in [0.29, 0.717) is 0 Å². The van der Waals surface area contributed by atoms with E-state index in [0.717, 1.165) is 22.5 Å². The van der Waals surface area contributed by atoms with E-state index in [4.69, 9.17) is 5.11 Å². The van der Waals surface area contributed by atoms with Crippen LogP contribution in [-0.4, -0.2) is 20.4 Å². The molecule has 0 spiro atoms. The van der Waals surface area contributed by atoms with E-state index in [1.54, 1.807) is 6.20 Å². The second-order valence-electron chi connectivity index (χ2n) is 4.54. The minimum absolute atomic E-state index is 0.0761. The molecule has 1 heterocycles. The molecule has 0 bridgehead atoms. The lowest BCUT2D eigenvalue weighted by molar-refractivity contribution is 0.271. The Labute approximate surface area is 101 Å². The zero-order chi connectivity index (χ0) is 11.4. The van der Waals surface area contributed by atoms with E-state index < -0.39 is 0 Å². The van der Waals surface area contributed by atoms with Crippen LogP contribution in [-0.2, 0) is 13.7 Å². The molecule has 0 radical (unpaired) electrons. The van der Waals surface area contributed by atoms with Crippen LogP contribution in [0.3, 0.4) is 0 Å². The van der Waals surface area contributed by atoms with Crippen LogP contribution in [0.2, 0.25) is 0 Å². The number of nitrogens with zero attached hydrogens (tertiary/aromatic N) is 2. The van der Waals surface area contributed by atoms with Crippen molar-refractivity contribution in [3.05, 3.63) is 11.9 Å². The van der Waals surface area contributed by atoms with Crippen LogP contribution in [0.25, 0.3) is 0 Å². The van der Waals surface area contributed by atoms with Crippen molar-refractivity contribution < 1.29 is 5.11 Å². The van der Waals surface area contributed by atoms with Crippen molar-refractivity contribution in [2.24, 2.45) is 13.0 Å². The third-order valence-corrected chi connectivity index (χ3v) is 4.51. The van der Waals surface area contributed by atoms with Gasteiger partial charge in [0.15, 0.2) is 5.16 Å². The first-order valence-electron chi connectivity index (χ1n) is 6.05. The van der Waals surface area contributed by atoms with E-state index in [9.17, 15) is 0 Å². The van der Waals surface area contributed by atoms with Crippen molar-refractivity contribution in [2.75, 3.05) is 5.75 Å². The van der Waals surface area contributed by atoms with Gasteiger partial charge in [-0.15, -0.1) is 0 Å². The normalized spacial score (nSPS) is 17.1. The molecule has 2 rings (SSSR count). The van der Waals surface area contributed by atoms with Crippen LogP contribution in [0.1, 0.15) is 37.8 Å². The predicted octanol–water partition coefficient (Wildman–Crippen LogP) is 2.58. The Balaban J connectivity index is 1.78. The molecule has 16 heavy (non-hydrogen) atoms. The molecule has 0 amide bonds. The van der Waals surface area contributed by atoms with E-state index >= 15 is 0 Å². The summed E-state index contributed by atoms with van der Waals surface area (Å²) in [5, 5.41) is 10.1. The summed E-state index contributed by atoms with van der Waals surface area (Å²) in [4.78, 5) is 4.32. The number of rotatable bonds is 5. The van der Waals surface area contributed by atoms with Gasteiger partial charge < -0.3 is 9.67 Å². The fourth-order valence-corrected chi connectivity index (χ4v) is 3.39. The largest absolute Gasteiger partial charge is 0.390 e. The van der Waals surface area contributed by atoms with Gasteiger partial charge in [-0.2, -0.15) is 0 Å². The molecule has 1 aliphatic carbocycles. The van der Waals surface area contributed by atoms with Gasteiger partial charge in [0.2, 0.25) is 0 Å². The molecule has 3 nitrogen and oxygen atoms in total. The first-order chi connectivity index (χ1) is 7.81. The maximum absolute atomic E-state index is 9.06. The highest BCUT2D eigenvalue weighted by Crippen LogP contribution is 2.30. The number of thioether (sulfide) groups is 1. The third-order valence-electron chi connectivity index (χ3n) is 3.44. The lowest BCUT2D eigenvalue weighted by Crippen LogP contribution is -1.99. The van der Waals surface area contributed by atoms with E-state index in [-0.39, 0.29) is 6.61 Å². The number of aromatic nitrogens is 2. The van der Waals surface area contributed by atoms with Crippen molar-refractivity contribution in [3.8, 4) is 0 Å². The number of hydrogen-bond acceptors (Lipinski definition) is 3. The van der Waals surface area contributed by atoms with Crippen LogP contribution < -0.4 is 0 Å².